The zero-order chi connectivity index (χ0) is 19.1. The molecule has 3 aromatic rings. The normalized spacial score (nSPS) is 18.1. The molecule has 3 heterocycles. The largest absolute Gasteiger partial charge is 0.491 e. The first-order valence-corrected chi connectivity index (χ1v) is 9.58. The van der Waals surface area contributed by atoms with Crippen molar-refractivity contribution in [3.8, 4) is 5.75 Å². The molecule has 28 heavy (non-hydrogen) atoms. The lowest BCUT2D eigenvalue weighted by molar-refractivity contribution is -0.115. The average Bonchev–Trinajstić information content (AvgIpc) is 3.17. The van der Waals surface area contributed by atoms with Crippen LogP contribution >= 0.6 is 11.8 Å². The molecule has 0 aliphatic carbocycles. The van der Waals surface area contributed by atoms with E-state index in [1.165, 1.54) is 0 Å². The van der Waals surface area contributed by atoms with Crippen molar-refractivity contribution >= 4 is 46.1 Å². The molecule has 0 bridgehead atoms. The Balaban J connectivity index is 1.46. The van der Waals surface area contributed by atoms with Crippen LogP contribution in [0.3, 0.4) is 0 Å². The van der Waals surface area contributed by atoms with E-state index in [9.17, 15) is 9.59 Å². The van der Waals surface area contributed by atoms with Crippen molar-refractivity contribution in [3.63, 3.8) is 0 Å². The first-order chi connectivity index (χ1) is 13.7. The third-order valence-electron chi connectivity index (χ3n) is 4.56. The number of anilines is 1. The lowest BCUT2D eigenvalue weighted by atomic mass is 10.1. The Kier molecular flexibility index (Phi) is 4.05. The van der Waals surface area contributed by atoms with Crippen molar-refractivity contribution in [2.24, 2.45) is 0 Å². The predicted molar refractivity (Wildman–Crippen MR) is 106 cm³/mol. The Morgan fingerprint density at radius 2 is 2.07 bits per heavy atom. The molecule has 0 radical (unpaired) electrons. The van der Waals surface area contributed by atoms with Crippen molar-refractivity contribution in [1.82, 2.24) is 10.3 Å². The van der Waals surface area contributed by atoms with Gasteiger partial charge in [0.1, 0.15) is 17.9 Å². The van der Waals surface area contributed by atoms with Gasteiger partial charge in [-0.2, -0.15) is 4.98 Å². The Morgan fingerprint density at radius 3 is 2.89 bits per heavy atom. The molecule has 2 aromatic carbocycles. The number of hydrogen-bond acceptors (Lipinski definition) is 7. The molecule has 5 rings (SSSR count). The summed E-state index contributed by atoms with van der Waals surface area (Å²) in [6.45, 7) is 1.72. The summed E-state index contributed by atoms with van der Waals surface area (Å²) >= 11 is 0.905. The third kappa shape index (κ3) is 3.11. The number of rotatable bonds is 2. The molecular weight excluding hydrogens is 378 g/mol. The lowest BCUT2D eigenvalue weighted by Crippen LogP contribution is -2.25. The Morgan fingerprint density at radius 1 is 1.18 bits per heavy atom. The molecule has 1 saturated heterocycles. The number of nitrogens with one attached hydrogen (secondary N) is 1. The maximum absolute atomic E-state index is 11.8. The minimum atomic E-state index is -0.366. The SMILES string of the molecule is O=C1NC(=O)/C(=C/c2ccc3c(c2)CN(c2nc4ccccc4o2)CCO3)S1. The van der Waals surface area contributed by atoms with Crippen LogP contribution in [-0.2, 0) is 11.3 Å². The number of fused-ring (bicyclic) bond motifs is 2. The highest BCUT2D eigenvalue weighted by Gasteiger charge is 2.25. The molecule has 7 nitrogen and oxygen atoms in total. The number of aromatic nitrogens is 1. The van der Waals surface area contributed by atoms with Gasteiger partial charge in [0, 0.05) is 5.56 Å². The fraction of sp³-hybridized carbons (Fsp3) is 0.150. The van der Waals surface area contributed by atoms with Crippen LogP contribution in [0.4, 0.5) is 10.8 Å². The standard InChI is InChI=1S/C20H15N3O4S/c24-18-17(28-20(25)22-18)10-12-5-6-15-13(9-12)11-23(7-8-26-15)19-21-14-3-1-2-4-16(14)27-19/h1-6,9-10H,7-8,11H2,(H,22,24,25)/b17-10-. The molecule has 0 atom stereocenters. The molecular formula is C20H15N3O4S. The summed E-state index contributed by atoms with van der Waals surface area (Å²) in [6.07, 6.45) is 1.71. The monoisotopic (exact) mass is 393 g/mol. The molecule has 140 valence electrons. The van der Waals surface area contributed by atoms with Crippen molar-refractivity contribution in [3.05, 3.63) is 58.5 Å². The highest BCUT2D eigenvalue weighted by atomic mass is 32.2. The second kappa shape index (κ2) is 6.72. The van der Waals surface area contributed by atoms with Crippen LogP contribution in [-0.4, -0.2) is 29.3 Å². The highest BCUT2D eigenvalue weighted by molar-refractivity contribution is 8.18. The van der Waals surface area contributed by atoms with Crippen LogP contribution in [0.5, 0.6) is 5.75 Å². The van der Waals surface area contributed by atoms with Crippen LogP contribution < -0.4 is 15.0 Å². The maximum atomic E-state index is 11.8. The molecule has 1 N–H and O–H groups in total. The summed E-state index contributed by atoms with van der Waals surface area (Å²) < 4.78 is 11.8. The molecule has 8 heteroatoms. The number of carbonyl (C=O) groups is 2. The second-order valence-electron chi connectivity index (χ2n) is 6.45. The Bertz CT molecular complexity index is 1100. The Labute approximate surface area is 164 Å². The second-order valence-corrected chi connectivity index (χ2v) is 7.47. The quantitative estimate of drug-likeness (QED) is 0.667. The summed E-state index contributed by atoms with van der Waals surface area (Å²) in [5.41, 5.74) is 3.35. The van der Waals surface area contributed by atoms with Gasteiger partial charge in [0.05, 0.1) is 18.0 Å². The molecule has 0 unspecified atom stereocenters. The van der Waals surface area contributed by atoms with E-state index in [-0.39, 0.29) is 11.1 Å². The van der Waals surface area contributed by atoms with Crippen molar-refractivity contribution in [1.29, 1.82) is 0 Å². The fourth-order valence-corrected chi connectivity index (χ4v) is 3.92. The summed E-state index contributed by atoms with van der Waals surface area (Å²) in [5, 5.41) is 1.91. The minimum Gasteiger partial charge on any atom is -0.491 e. The van der Waals surface area contributed by atoms with Gasteiger partial charge in [-0.1, -0.05) is 18.2 Å². The number of hydrogen-bond donors (Lipinski definition) is 1. The molecule has 0 saturated carbocycles. The first kappa shape index (κ1) is 16.9. The summed E-state index contributed by atoms with van der Waals surface area (Å²) in [7, 11) is 0. The van der Waals surface area contributed by atoms with E-state index in [1.54, 1.807) is 6.08 Å². The van der Waals surface area contributed by atoms with Gasteiger partial charge < -0.3 is 14.1 Å². The highest BCUT2D eigenvalue weighted by Crippen LogP contribution is 2.31. The van der Waals surface area contributed by atoms with Crippen molar-refractivity contribution < 1.29 is 18.7 Å². The average molecular weight is 393 g/mol. The summed E-state index contributed by atoms with van der Waals surface area (Å²) in [4.78, 5) is 30.1. The zero-order valence-electron chi connectivity index (χ0n) is 14.7. The molecule has 2 amide bonds. The minimum absolute atomic E-state index is 0.350. The van der Waals surface area contributed by atoms with E-state index >= 15 is 0 Å². The fourth-order valence-electron chi connectivity index (χ4n) is 3.23. The topological polar surface area (TPSA) is 84.7 Å². The number of amides is 2. The number of para-hydroxylation sites is 2. The van der Waals surface area contributed by atoms with Gasteiger partial charge in [-0.3, -0.25) is 14.9 Å². The molecule has 2 aliphatic rings. The lowest BCUT2D eigenvalue weighted by Gasteiger charge is -2.17. The van der Waals surface area contributed by atoms with Crippen molar-refractivity contribution in [2.75, 3.05) is 18.1 Å². The number of ether oxygens (including phenoxy) is 1. The van der Waals surface area contributed by atoms with Gasteiger partial charge >= 0.3 is 0 Å². The van der Waals surface area contributed by atoms with Gasteiger partial charge in [-0.15, -0.1) is 0 Å². The van der Waals surface area contributed by atoms with E-state index in [1.807, 2.05) is 47.4 Å². The number of thioether (sulfide) groups is 1. The van der Waals surface area contributed by atoms with E-state index in [0.29, 0.717) is 30.6 Å². The van der Waals surface area contributed by atoms with E-state index in [0.717, 1.165) is 39.7 Å². The van der Waals surface area contributed by atoms with E-state index in [2.05, 4.69) is 10.3 Å². The number of nitrogens with zero attached hydrogens (tertiary/aromatic N) is 2. The third-order valence-corrected chi connectivity index (χ3v) is 5.37. The van der Waals surface area contributed by atoms with Gasteiger partial charge in [0.25, 0.3) is 17.2 Å². The smallest absolute Gasteiger partial charge is 0.298 e. The number of benzene rings is 2. The molecule has 2 aliphatic heterocycles. The van der Waals surface area contributed by atoms with Gasteiger partial charge in [-0.25, -0.2) is 0 Å². The van der Waals surface area contributed by atoms with Crippen LogP contribution in [0, 0.1) is 0 Å². The van der Waals surface area contributed by atoms with E-state index < -0.39 is 0 Å². The summed E-state index contributed by atoms with van der Waals surface area (Å²) in [6, 6.07) is 13.9. The van der Waals surface area contributed by atoms with Gasteiger partial charge in [-0.05, 0) is 47.7 Å². The van der Waals surface area contributed by atoms with Gasteiger partial charge in [0.15, 0.2) is 5.58 Å². The number of oxazole rings is 1. The zero-order valence-corrected chi connectivity index (χ0v) is 15.5. The molecule has 0 spiro atoms. The molecule has 1 fully saturated rings. The molecule has 1 aromatic heterocycles. The van der Waals surface area contributed by atoms with Crippen LogP contribution in [0.15, 0.2) is 51.8 Å². The van der Waals surface area contributed by atoms with E-state index in [4.69, 9.17) is 9.15 Å². The summed E-state index contributed by atoms with van der Waals surface area (Å²) in [5.74, 6) is 0.426. The van der Waals surface area contributed by atoms with Crippen LogP contribution in [0.1, 0.15) is 11.1 Å². The maximum Gasteiger partial charge on any atom is 0.298 e. The Hall–Kier alpha value is -3.26. The number of carbonyl (C=O) groups excluding carboxylic acids is 2. The first-order valence-electron chi connectivity index (χ1n) is 8.77. The predicted octanol–water partition coefficient (Wildman–Crippen LogP) is 3.55. The van der Waals surface area contributed by atoms with Crippen LogP contribution in [0.25, 0.3) is 17.2 Å². The van der Waals surface area contributed by atoms with Gasteiger partial charge in [0.2, 0.25) is 0 Å². The number of imide groups is 1. The van der Waals surface area contributed by atoms with Crippen LogP contribution in [0.2, 0.25) is 0 Å². The van der Waals surface area contributed by atoms with Crippen molar-refractivity contribution in [2.45, 2.75) is 6.54 Å².